The largest absolute Gasteiger partial charge is 0.392 e. The Morgan fingerprint density at radius 2 is 2.23 bits per heavy atom. The Bertz CT molecular complexity index is 250. The molecule has 0 saturated heterocycles. The normalized spacial score (nSPS) is 8.62. The highest BCUT2D eigenvalue weighted by atomic mass is 15.2. The van der Waals surface area contributed by atoms with Crippen LogP contribution >= 0.6 is 0 Å². The van der Waals surface area contributed by atoms with Gasteiger partial charge in [0, 0.05) is 32.4 Å². The van der Waals surface area contributed by atoms with Crippen molar-refractivity contribution in [2.45, 2.75) is 20.3 Å². The van der Waals surface area contributed by atoms with Gasteiger partial charge in [-0.3, -0.25) is 4.68 Å². The first kappa shape index (κ1) is 11.8. The summed E-state index contributed by atoms with van der Waals surface area (Å²) in [5.74, 6) is 0. The summed E-state index contributed by atoms with van der Waals surface area (Å²) < 4.78 is 1.79. The third-order valence-corrected chi connectivity index (χ3v) is 1.53. The predicted molar refractivity (Wildman–Crippen MR) is 56.5 cm³/mol. The number of rotatable bonds is 3. The average molecular weight is 181 g/mol. The lowest BCUT2D eigenvalue weighted by Gasteiger charge is -2.00. The van der Waals surface area contributed by atoms with Crippen molar-refractivity contribution in [3.63, 3.8) is 0 Å². The quantitative estimate of drug-likeness (QED) is 0.769. The van der Waals surface area contributed by atoms with Crippen LogP contribution in [0.2, 0.25) is 0 Å². The molecule has 0 atom stereocenters. The number of aryl methyl sites for hydroxylation is 1. The molecule has 1 aromatic rings. The van der Waals surface area contributed by atoms with Crippen LogP contribution in [0.4, 0.5) is 0 Å². The molecule has 0 unspecified atom stereocenters. The minimum Gasteiger partial charge on any atom is -0.392 e. The van der Waals surface area contributed by atoms with Gasteiger partial charge in [0.1, 0.15) is 0 Å². The van der Waals surface area contributed by atoms with E-state index in [2.05, 4.69) is 17.0 Å². The fourth-order valence-corrected chi connectivity index (χ4v) is 0.898. The molecule has 1 N–H and O–H groups in total. The van der Waals surface area contributed by atoms with Gasteiger partial charge in [-0.05, 0) is 5.56 Å². The molecular formula is C10H19N3. The van der Waals surface area contributed by atoms with Crippen LogP contribution in [0.5, 0.6) is 0 Å². The Labute approximate surface area is 80.5 Å². The number of allylic oxidation sites excluding steroid dienone is 1. The Balaban J connectivity index is 0.000000671. The van der Waals surface area contributed by atoms with E-state index in [1.807, 2.05) is 40.3 Å². The topological polar surface area (TPSA) is 29.9 Å². The molecule has 0 fully saturated rings. The van der Waals surface area contributed by atoms with E-state index in [1.165, 1.54) is 5.56 Å². The minimum atomic E-state index is 0.852. The van der Waals surface area contributed by atoms with Crippen LogP contribution in [0.15, 0.2) is 24.7 Å². The molecule has 0 saturated carbocycles. The first-order valence-electron chi connectivity index (χ1n) is 4.55. The summed E-state index contributed by atoms with van der Waals surface area (Å²) in [6.45, 7) is 7.83. The van der Waals surface area contributed by atoms with Crippen molar-refractivity contribution in [3.05, 3.63) is 30.2 Å². The number of aromatic nitrogens is 2. The lowest BCUT2D eigenvalue weighted by molar-refractivity contribution is 0.767. The molecule has 0 aliphatic heterocycles. The standard InChI is InChI=1S/C8H13N3.C2H6/c1-7(9-2)4-8-5-10-11(3)6-8;1-2/h5-6,9H,1,4H2,2-3H3;1-2H3. The number of nitrogens with one attached hydrogen (secondary N) is 1. The Kier molecular flexibility index (Phi) is 5.68. The van der Waals surface area contributed by atoms with Gasteiger partial charge in [0.2, 0.25) is 0 Å². The first-order chi connectivity index (χ1) is 6.22. The number of nitrogens with zero attached hydrogens (tertiary/aromatic N) is 2. The van der Waals surface area contributed by atoms with Gasteiger partial charge >= 0.3 is 0 Å². The van der Waals surface area contributed by atoms with Gasteiger partial charge in [-0.25, -0.2) is 0 Å². The van der Waals surface area contributed by atoms with Gasteiger partial charge < -0.3 is 5.32 Å². The lowest BCUT2D eigenvalue weighted by atomic mass is 10.2. The Hall–Kier alpha value is -1.25. The van der Waals surface area contributed by atoms with E-state index in [0.717, 1.165) is 12.1 Å². The Morgan fingerprint density at radius 3 is 2.62 bits per heavy atom. The van der Waals surface area contributed by atoms with Crippen LogP contribution in [0.1, 0.15) is 19.4 Å². The molecule has 0 aliphatic rings. The summed E-state index contributed by atoms with van der Waals surface area (Å²) in [4.78, 5) is 0. The fourth-order valence-electron chi connectivity index (χ4n) is 0.898. The van der Waals surface area contributed by atoms with E-state index in [9.17, 15) is 0 Å². The molecule has 0 bridgehead atoms. The zero-order chi connectivity index (χ0) is 10.3. The van der Waals surface area contributed by atoms with Crippen molar-refractivity contribution >= 4 is 0 Å². The summed E-state index contributed by atoms with van der Waals surface area (Å²) in [5.41, 5.74) is 2.20. The number of likely N-dealkylation sites (N-methyl/N-ethyl adjacent to an activating group) is 1. The van der Waals surface area contributed by atoms with Gasteiger partial charge in [-0.15, -0.1) is 0 Å². The summed E-state index contributed by atoms with van der Waals surface area (Å²) in [7, 11) is 3.78. The van der Waals surface area contributed by atoms with E-state index in [0.29, 0.717) is 0 Å². The highest BCUT2D eigenvalue weighted by Gasteiger charge is 1.96. The van der Waals surface area contributed by atoms with Crippen LogP contribution < -0.4 is 5.32 Å². The Morgan fingerprint density at radius 1 is 1.62 bits per heavy atom. The maximum atomic E-state index is 4.05. The van der Waals surface area contributed by atoms with Gasteiger partial charge in [0.25, 0.3) is 0 Å². The van der Waals surface area contributed by atoms with Crippen molar-refractivity contribution in [2.75, 3.05) is 7.05 Å². The highest BCUT2D eigenvalue weighted by Crippen LogP contribution is 2.01. The number of hydrogen-bond donors (Lipinski definition) is 1. The average Bonchev–Trinajstić information content (AvgIpc) is 2.54. The summed E-state index contributed by atoms with van der Waals surface area (Å²) >= 11 is 0. The molecule has 13 heavy (non-hydrogen) atoms. The minimum absolute atomic E-state index is 0.852. The van der Waals surface area contributed by atoms with Gasteiger partial charge in [-0.2, -0.15) is 5.10 Å². The van der Waals surface area contributed by atoms with E-state index in [-0.39, 0.29) is 0 Å². The van der Waals surface area contributed by atoms with E-state index in [4.69, 9.17) is 0 Å². The number of hydrogen-bond acceptors (Lipinski definition) is 2. The predicted octanol–water partition coefficient (Wildman–Crippen LogP) is 1.72. The molecule has 3 heteroatoms. The molecule has 0 aromatic carbocycles. The molecule has 1 rings (SSSR count). The maximum absolute atomic E-state index is 4.05. The summed E-state index contributed by atoms with van der Waals surface area (Å²) in [5, 5.41) is 7.04. The molecular weight excluding hydrogens is 162 g/mol. The zero-order valence-corrected chi connectivity index (χ0v) is 8.96. The van der Waals surface area contributed by atoms with Crippen LogP contribution in [-0.4, -0.2) is 16.8 Å². The maximum Gasteiger partial charge on any atom is 0.0525 e. The van der Waals surface area contributed by atoms with E-state index < -0.39 is 0 Å². The summed E-state index contributed by atoms with van der Waals surface area (Å²) in [6, 6.07) is 0. The second-order valence-corrected chi connectivity index (χ2v) is 2.55. The molecule has 0 spiro atoms. The van der Waals surface area contributed by atoms with E-state index in [1.54, 1.807) is 4.68 Å². The molecule has 1 aromatic heterocycles. The van der Waals surface area contributed by atoms with Crippen LogP contribution in [0.3, 0.4) is 0 Å². The fraction of sp³-hybridized carbons (Fsp3) is 0.500. The van der Waals surface area contributed by atoms with Crippen molar-refractivity contribution in [2.24, 2.45) is 7.05 Å². The second-order valence-electron chi connectivity index (χ2n) is 2.55. The highest BCUT2D eigenvalue weighted by molar-refractivity contribution is 5.12. The SMILES string of the molecule is C=C(Cc1cnn(C)c1)NC.CC. The molecule has 1 heterocycles. The van der Waals surface area contributed by atoms with Gasteiger partial charge in [0.15, 0.2) is 0 Å². The van der Waals surface area contributed by atoms with Crippen molar-refractivity contribution in [1.82, 2.24) is 15.1 Å². The van der Waals surface area contributed by atoms with Crippen LogP contribution in [0, 0.1) is 0 Å². The molecule has 0 radical (unpaired) electrons. The molecule has 0 amide bonds. The van der Waals surface area contributed by atoms with E-state index >= 15 is 0 Å². The summed E-state index contributed by atoms with van der Waals surface area (Å²) in [6.07, 6.45) is 4.69. The van der Waals surface area contributed by atoms with Crippen molar-refractivity contribution in [1.29, 1.82) is 0 Å². The zero-order valence-electron chi connectivity index (χ0n) is 8.96. The second kappa shape index (κ2) is 6.29. The molecule has 3 nitrogen and oxygen atoms in total. The smallest absolute Gasteiger partial charge is 0.0525 e. The molecule has 0 aliphatic carbocycles. The van der Waals surface area contributed by atoms with Gasteiger partial charge in [-0.1, -0.05) is 20.4 Å². The lowest BCUT2D eigenvalue weighted by Crippen LogP contribution is -2.06. The van der Waals surface area contributed by atoms with Crippen molar-refractivity contribution < 1.29 is 0 Å². The van der Waals surface area contributed by atoms with Crippen molar-refractivity contribution in [3.8, 4) is 0 Å². The van der Waals surface area contributed by atoms with Gasteiger partial charge in [0.05, 0.1) is 6.20 Å². The molecule has 74 valence electrons. The van der Waals surface area contributed by atoms with Crippen LogP contribution in [-0.2, 0) is 13.5 Å². The third kappa shape index (κ3) is 4.35. The third-order valence-electron chi connectivity index (χ3n) is 1.53. The van der Waals surface area contributed by atoms with Crippen LogP contribution in [0.25, 0.3) is 0 Å². The monoisotopic (exact) mass is 181 g/mol. The first-order valence-corrected chi connectivity index (χ1v) is 4.55.